The summed E-state index contributed by atoms with van der Waals surface area (Å²) in [6.07, 6.45) is 1.08. The molecular formula is C43H41F4N9O4. The largest absolute Gasteiger partial charge is 0.399 e. The number of nitrogen functional groups attached to an aromatic ring is 2. The number of carbonyl (C=O) groups excluding carboxylic acids is 4. The normalized spacial score (nSPS) is 19.1. The average Bonchev–Trinajstić information content (AvgIpc) is 3.69. The number of anilines is 4. The van der Waals surface area contributed by atoms with E-state index in [1.165, 1.54) is 0 Å². The summed E-state index contributed by atoms with van der Waals surface area (Å²) in [5.41, 5.74) is 15.2. The molecule has 0 saturated heterocycles. The van der Waals surface area contributed by atoms with E-state index in [4.69, 9.17) is 11.5 Å². The molecule has 0 aromatic heterocycles. The highest BCUT2D eigenvalue weighted by molar-refractivity contribution is 6.08. The quantitative estimate of drug-likeness (QED) is 0.108. The molecule has 6 N–H and O–H groups in total. The van der Waals surface area contributed by atoms with E-state index in [-0.39, 0.29) is 36.3 Å². The van der Waals surface area contributed by atoms with Gasteiger partial charge in [-0.1, -0.05) is 24.3 Å². The van der Waals surface area contributed by atoms with Crippen LogP contribution in [0.4, 0.5) is 49.9 Å². The molecule has 4 aliphatic heterocycles. The first-order valence-electron chi connectivity index (χ1n) is 19.3. The van der Waals surface area contributed by atoms with E-state index in [1.54, 1.807) is 58.3 Å². The maximum atomic E-state index is 14.3. The van der Waals surface area contributed by atoms with Gasteiger partial charge in [-0.05, 0) is 92.6 Å². The van der Waals surface area contributed by atoms with Gasteiger partial charge in [0.2, 0.25) is 0 Å². The van der Waals surface area contributed by atoms with Crippen molar-refractivity contribution in [3.8, 4) is 0 Å². The fourth-order valence-corrected chi connectivity index (χ4v) is 8.29. The molecule has 4 heterocycles. The van der Waals surface area contributed by atoms with Crippen LogP contribution < -0.4 is 31.9 Å². The number of halogens is 4. The van der Waals surface area contributed by atoms with E-state index in [1.807, 2.05) is 7.05 Å². The molecule has 4 aromatic carbocycles. The van der Waals surface area contributed by atoms with Gasteiger partial charge in [0.25, 0.3) is 11.8 Å². The number of hydrogen-bond donors (Lipinski definition) is 4. The smallest absolute Gasteiger partial charge is 0.327 e. The van der Waals surface area contributed by atoms with Gasteiger partial charge in [0.15, 0.2) is 0 Å². The molecule has 4 aromatic rings. The van der Waals surface area contributed by atoms with Crippen LogP contribution in [0.2, 0.25) is 0 Å². The molecule has 17 heteroatoms. The van der Waals surface area contributed by atoms with Crippen molar-refractivity contribution in [3.63, 3.8) is 0 Å². The molecule has 6 amide bonds. The number of nitrogens with one attached hydrogen (secondary N) is 2. The lowest BCUT2D eigenvalue weighted by molar-refractivity contribution is -0.126. The minimum absolute atomic E-state index is 0.0393. The molecule has 310 valence electrons. The van der Waals surface area contributed by atoms with Gasteiger partial charge >= 0.3 is 12.1 Å². The van der Waals surface area contributed by atoms with E-state index >= 15 is 0 Å². The molecule has 4 aliphatic rings. The van der Waals surface area contributed by atoms with Gasteiger partial charge in [-0.3, -0.25) is 19.4 Å². The Morgan fingerprint density at radius 2 is 0.933 bits per heavy atom. The zero-order chi connectivity index (χ0) is 42.4. The molecule has 8 rings (SSSR count). The summed E-state index contributed by atoms with van der Waals surface area (Å²) < 4.78 is 57.3. The Labute approximate surface area is 342 Å². The maximum absolute atomic E-state index is 14.3. The van der Waals surface area contributed by atoms with Gasteiger partial charge in [0.05, 0.1) is 59.1 Å². The van der Waals surface area contributed by atoms with Crippen molar-refractivity contribution in [3.05, 3.63) is 142 Å². The highest BCUT2D eigenvalue weighted by Gasteiger charge is 2.46. The van der Waals surface area contributed by atoms with Gasteiger partial charge in [-0.15, -0.1) is 0 Å². The number of hydrogen-bond acceptors (Lipinski definition) is 7. The molecule has 0 fully saturated rings. The van der Waals surface area contributed by atoms with Gasteiger partial charge in [-0.2, -0.15) is 0 Å². The van der Waals surface area contributed by atoms with Crippen LogP contribution >= 0.6 is 0 Å². The number of nitrogens with two attached hydrogens (primary N) is 2. The third-order valence-electron chi connectivity index (χ3n) is 11.1. The van der Waals surface area contributed by atoms with E-state index in [0.717, 1.165) is 34.1 Å². The van der Waals surface area contributed by atoms with Crippen LogP contribution in [0.5, 0.6) is 0 Å². The van der Waals surface area contributed by atoms with Crippen molar-refractivity contribution < 1.29 is 36.7 Å². The Hall–Kier alpha value is -6.88. The number of amides is 6. The van der Waals surface area contributed by atoms with Crippen molar-refractivity contribution in [2.45, 2.75) is 24.9 Å². The first kappa shape index (κ1) is 39.9. The highest BCUT2D eigenvalue weighted by atomic mass is 19.1. The third kappa shape index (κ3) is 7.70. The monoisotopic (exact) mass is 823 g/mol. The maximum Gasteiger partial charge on any atom is 0.327 e. The second-order valence-corrected chi connectivity index (χ2v) is 15.2. The molecule has 0 radical (unpaired) electrons. The van der Waals surface area contributed by atoms with Crippen LogP contribution in [0.25, 0.3) is 0 Å². The zero-order valence-electron chi connectivity index (χ0n) is 32.4. The summed E-state index contributed by atoms with van der Waals surface area (Å²) in [6, 6.07) is 16.2. The Morgan fingerprint density at radius 1 is 0.583 bits per heavy atom. The fraction of sp³-hybridized carbons (Fsp3) is 0.256. The zero-order valence-corrected chi connectivity index (χ0v) is 32.4. The average molecular weight is 824 g/mol. The Kier molecular flexibility index (Phi) is 10.7. The van der Waals surface area contributed by atoms with Crippen LogP contribution in [0.1, 0.15) is 36.1 Å². The van der Waals surface area contributed by atoms with Crippen molar-refractivity contribution in [1.29, 1.82) is 0 Å². The summed E-state index contributed by atoms with van der Waals surface area (Å²) in [7, 11) is 1.91. The summed E-state index contributed by atoms with van der Waals surface area (Å²) in [5, 5.41) is 5.66. The minimum atomic E-state index is -0.869. The lowest BCUT2D eigenvalue weighted by atomic mass is 9.95. The van der Waals surface area contributed by atoms with Crippen molar-refractivity contribution >= 4 is 46.6 Å². The molecule has 0 bridgehead atoms. The van der Waals surface area contributed by atoms with Crippen LogP contribution in [0.3, 0.4) is 0 Å². The van der Waals surface area contributed by atoms with Gasteiger partial charge < -0.3 is 36.8 Å². The van der Waals surface area contributed by atoms with Crippen LogP contribution in [-0.4, -0.2) is 84.9 Å². The van der Waals surface area contributed by atoms with Crippen molar-refractivity contribution in [1.82, 2.24) is 25.3 Å². The molecule has 13 nitrogen and oxygen atoms in total. The first-order valence-corrected chi connectivity index (χ1v) is 19.3. The Balaban J connectivity index is 0.916. The topological polar surface area (TPSA) is 161 Å². The van der Waals surface area contributed by atoms with E-state index in [9.17, 15) is 36.7 Å². The lowest BCUT2D eigenvalue weighted by Crippen LogP contribution is -2.47. The molecule has 0 unspecified atom stereocenters. The predicted molar refractivity (Wildman–Crippen MR) is 216 cm³/mol. The number of nitrogens with zero attached hydrogens (tertiary/aromatic N) is 5. The fourth-order valence-electron chi connectivity index (χ4n) is 8.29. The Bertz CT molecular complexity index is 2250. The number of benzene rings is 4. The molecule has 0 saturated carbocycles. The van der Waals surface area contributed by atoms with E-state index in [2.05, 4.69) is 15.5 Å². The van der Waals surface area contributed by atoms with Crippen molar-refractivity contribution in [2.75, 3.05) is 67.6 Å². The van der Waals surface area contributed by atoms with Crippen LogP contribution in [0.15, 0.2) is 107 Å². The molecule has 0 spiro atoms. The van der Waals surface area contributed by atoms with Gasteiger partial charge in [-0.25, -0.2) is 27.2 Å². The summed E-state index contributed by atoms with van der Waals surface area (Å²) in [4.78, 5) is 62.7. The predicted octanol–water partition coefficient (Wildman–Crippen LogP) is 5.55. The molecule has 60 heavy (non-hydrogen) atoms. The van der Waals surface area contributed by atoms with Gasteiger partial charge in [0, 0.05) is 36.6 Å². The third-order valence-corrected chi connectivity index (χ3v) is 11.1. The second-order valence-electron chi connectivity index (χ2n) is 15.2. The number of carbonyl (C=O) groups is 4. The molecular weight excluding hydrogens is 783 g/mol. The minimum Gasteiger partial charge on any atom is -0.399 e. The van der Waals surface area contributed by atoms with E-state index in [0.29, 0.717) is 96.2 Å². The number of urea groups is 2. The lowest BCUT2D eigenvalue weighted by Gasteiger charge is -2.33. The van der Waals surface area contributed by atoms with E-state index < -0.39 is 47.4 Å². The SMILES string of the molecule is CN(CCCN1CC2=C(C1=O)[C@@H](c1ccc(N)cc1)NC(=O)N2c1cc(F)cc(F)c1)CCCN1CC2=C(C1=O)[C@@H](c1ccc(N)cc1)NC(=O)N2c1cc(F)cc(F)c1. The summed E-state index contributed by atoms with van der Waals surface area (Å²) in [5.74, 6) is -4.11. The highest BCUT2D eigenvalue weighted by Crippen LogP contribution is 2.41. The summed E-state index contributed by atoms with van der Waals surface area (Å²) in [6.45, 7) is 1.83. The van der Waals surface area contributed by atoms with Crippen LogP contribution in [-0.2, 0) is 9.59 Å². The standard InChI is InChI=1S/C43H41F4N9O4/c1-52(12-2-14-53-22-34-36(40(53)57)38(24-4-8-30(48)9-5-24)50-42(59)55(34)32-18-26(44)16-27(45)19-32)13-3-15-54-23-35-37(41(54)58)39(25-6-10-31(49)11-7-25)51-43(60)56(35)33-20-28(46)17-29(47)21-33/h4-11,16-21,38-39H,2-3,12-15,22-23,48-49H2,1H3,(H,50,59)(H,51,60)/t38-,39-/m1/s1. The number of rotatable bonds is 12. The summed E-state index contributed by atoms with van der Waals surface area (Å²) >= 11 is 0. The molecule has 0 aliphatic carbocycles. The van der Waals surface area contributed by atoms with Crippen molar-refractivity contribution in [2.24, 2.45) is 0 Å². The first-order chi connectivity index (χ1) is 28.7. The van der Waals surface area contributed by atoms with Gasteiger partial charge in [0.1, 0.15) is 23.3 Å². The Morgan fingerprint density at radius 3 is 1.28 bits per heavy atom. The van der Waals surface area contributed by atoms with Crippen LogP contribution in [0, 0.1) is 23.3 Å². The second kappa shape index (κ2) is 16.1. The molecule has 2 atom stereocenters.